The Labute approximate surface area is 135 Å². The predicted octanol–water partition coefficient (Wildman–Crippen LogP) is 4.37. The first kappa shape index (κ1) is 12.8. The van der Waals surface area contributed by atoms with Crippen LogP contribution in [0.2, 0.25) is 0 Å². The Morgan fingerprint density at radius 2 is 2.30 bits per heavy atom. The minimum atomic E-state index is 1.01. The first-order chi connectivity index (χ1) is 9.78. The van der Waals surface area contributed by atoms with Crippen LogP contribution in [0.4, 0.5) is 0 Å². The van der Waals surface area contributed by atoms with E-state index in [0.29, 0.717) is 0 Å². The molecule has 0 amide bonds. The normalized spacial score (nSPS) is 14.1. The largest absolute Gasteiger partial charge is 0.352 e. The van der Waals surface area contributed by atoms with E-state index in [4.69, 9.17) is 0 Å². The third kappa shape index (κ3) is 1.83. The molecule has 20 heavy (non-hydrogen) atoms. The molecule has 0 atom stereocenters. The van der Waals surface area contributed by atoms with Gasteiger partial charge in [0, 0.05) is 36.4 Å². The Hall–Kier alpha value is -0.950. The molecule has 0 aliphatic carbocycles. The molecule has 0 unspecified atom stereocenters. The molecule has 0 spiro atoms. The van der Waals surface area contributed by atoms with Crippen molar-refractivity contribution in [2.24, 2.45) is 0 Å². The van der Waals surface area contributed by atoms with Gasteiger partial charge in [0.1, 0.15) is 5.69 Å². The van der Waals surface area contributed by atoms with Crippen molar-refractivity contribution in [3.63, 3.8) is 0 Å². The average Bonchev–Trinajstić information content (AvgIpc) is 2.96. The summed E-state index contributed by atoms with van der Waals surface area (Å²) in [5.74, 6) is 1.12. The molecule has 1 aromatic carbocycles. The van der Waals surface area contributed by atoms with Crippen LogP contribution in [0.1, 0.15) is 18.2 Å². The molecule has 5 heteroatoms. The van der Waals surface area contributed by atoms with Gasteiger partial charge >= 0.3 is 0 Å². The SMILES string of the molecule is CCc1[nH]nc2c1CCSc1c-2[nH]c2ccc(I)cc12. The Balaban J connectivity index is 2.02. The summed E-state index contributed by atoms with van der Waals surface area (Å²) in [6.07, 6.45) is 2.11. The summed E-state index contributed by atoms with van der Waals surface area (Å²) in [5, 5.41) is 9.11. The second-order valence-electron chi connectivity index (χ2n) is 5.00. The molecule has 3 heterocycles. The summed E-state index contributed by atoms with van der Waals surface area (Å²) in [6.45, 7) is 2.18. The highest BCUT2D eigenvalue weighted by molar-refractivity contribution is 14.1. The number of hydrogen-bond acceptors (Lipinski definition) is 2. The monoisotopic (exact) mass is 395 g/mol. The maximum atomic E-state index is 4.58. The Bertz CT molecular complexity index is 803. The van der Waals surface area contributed by atoms with Gasteiger partial charge in [0.15, 0.2) is 0 Å². The Morgan fingerprint density at radius 1 is 1.40 bits per heavy atom. The lowest BCUT2D eigenvalue weighted by molar-refractivity contribution is 0.957. The number of nitrogens with one attached hydrogen (secondary N) is 2. The number of aromatic nitrogens is 3. The smallest absolute Gasteiger partial charge is 0.113 e. The van der Waals surface area contributed by atoms with Gasteiger partial charge in [-0.05, 0) is 53.6 Å². The van der Waals surface area contributed by atoms with Gasteiger partial charge in [-0.15, -0.1) is 11.8 Å². The zero-order valence-electron chi connectivity index (χ0n) is 11.1. The highest BCUT2D eigenvalue weighted by Gasteiger charge is 2.23. The first-order valence-corrected chi connectivity index (χ1v) is 8.85. The van der Waals surface area contributed by atoms with E-state index in [1.807, 2.05) is 11.8 Å². The number of thioether (sulfide) groups is 1. The molecule has 0 saturated heterocycles. The number of hydrogen-bond donors (Lipinski definition) is 2. The first-order valence-electron chi connectivity index (χ1n) is 6.78. The molecule has 2 N–H and O–H groups in total. The molecule has 3 nitrogen and oxygen atoms in total. The minimum Gasteiger partial charge on any atom is -0.352 e. The van der Waals surface area contributed by atoms with Crippen molar-refractivity contribution in [2.75, 3.05) is 5.75 Å². The maximum absolute atomic E-state index is 4.58. The number of halogens is 1. The van der Waals surface area contributed by atoms with Crippen LogP contribution in [0.3, 0.4) is 0 Å². The minimum absolute atomic E-state index is 1.01. The average molecular weight is 395 g/mol. The van der Waals surface area contributed by atoms with Crippen LogP contribution in [0.15, 0.2) is 23.1 Å². The van der Waals surface area contributed by atoms with Gasteiger partial charge in [0.2, 0.25) is 0 Å². The van der Waals surface area contributed by atoms with E-state index in [1.165, 1.54) is 36.3 Å². The number of benzene rings is 1. The van der Waals surface area contributed by atoms with Gasteiger partial charge in [-0.25, -0.2) is 0 Å². The van der Waals surface area contributed by atoms with Crippen LogP contribution >= 0.6 is 34.4 Å². The Morgan fingerprint density at radius 3 is 3.15 bits per heavy atom. The van der Waals surface area contributed by atoms with E-state index >= 15 is 0 Å². The van der Waals surface area contributed by atoms with Crippen LogP contribution in [-0.2, 0) is 12.8 Å². The number of aromatic amines is 2. The quantitative estimate of drug-likeness (QED) is 0.601. The zero-order valence-corrected chi connectivity index (χ0v) is 14.1. The molecule has 0 saturated carbocycles. The van der Waals surface area contributed by atoms with E-state index in [1.54, 1.807) is 0 Å². The summed E-state index contributed by atoms with van der Waals surface area (Å²) in [6, 6.07) is 6.57. The summed E-state index contributed by atoms with van der Waals surface area (Å²) in [7, 11) is 0. The third-order valence-electron chi connectivity index (χ3n) is 3.85. The lowest BCUT2D eigenvalue weighted by Crippen LogP contribution is -1.92. The van der Waals surface area contributed by atoms with Crippen molar-refractivity contribution in [3.8, 4) is 11.4 Å². The fourth-order valence-corrected chi connectivity index (χ4v) is 4.50. The molecule has 2 aromatic heterocycles. The van der Waals surface area contributed by atoms with E-state index < -0.39 is 0 Å². The van der Waals surface area contributed by atoms with Crippen molar-refractivity contribution in [3.05, 3.63) is 33.0 Å². The fraction of sp³-hybridized carbons (Fsp3) is 0.267. The molecule has 102 valence electrons. The van der Waals surface area contributed by atoms with Gasteiger partial charge in [0.25, 0.3) is 0 Å². The standard InChI is InChI=1S/C15H14IN3S/c1-2-11-9-5-6-20-15-10-7-8(16)3-4-12(10)17-14(15)13(9)19-18-11/h3-4,7,17H,2,5-6H2,1H3,(H,18,19). The van der Waals surface area contributed by atoms with Crippen molar-refractivity contribution in [1.29, 1.82) is 0 Å². The van der Waals surface area contributed by atoms with Crippen LogP contribution < -0.4 is 0 Å². The van der Waals surface area contributed by atoms with E-state index in [0.717, 1.165) is 24.3 Å². The second-order valence-corrected chi connectivity index (χ2v) is 7.35. The van der Waals surface area contributed by atoms with Gasteiger partial charge in [-0.3, -0.25) is 5.10 Å². The molecule has 0 fully saturated rings. The molecule has 4 rings (SSSR count). The molecule has 0 radical (unpaired) electrons. The summed E-state index contributed by atoms with van der Waals surface area (Å²) in [4.78, 5) is 4.92. The van der Waals surface area contributed by atoms with E-state index in [2.05, 4.69) is 62.9 Å². The number of H-pyrrole nitrogens is 2. The highest BCUT2D eigenvalue weighted by atomic mass is 127. The predicted molar refractivity (Wildman–Crippen MR) is 92.4 cm³/mol. The fourth-order valence-electron chi connectivity index (χ4n) is 2.88. The number of fused-ring (bicyclic) bond motifs is 5. The summed E-state index contributed by atoms with van der Waals surface area (Å²) in [5.41, 5.74) is 6.18. The summed E-state index contributed by atoms with van der Waals surface area (Å²) < 4.78 is 1.28. The van der Waals surface area contributed by atoms with Gasteiger partial charge in [0.05, 0.1) is 5.69 Å². The van der Waals surface area contributed by atoms with Crippen LogP contribution in [0.25, 0.3) is 22.3 Å². The molecular formula is C15H14IN3S. The third-order valence-corrected chi connectivity index (χ3v) is 5.65. The molecule has 3 aromatic rings. The van der Waals surface area contributed by atoms with Gasteiger partial charge in [-0.1, -0.05) is 6.92 Å². The zero-order chi connectivity index (χ0) is 13.7. The Kier molecular flexibility index (Phi) is 3.07. The van der Waals surface area contributed by atoms with Crippen LogP contribution in [0, 0.1) is 3.57 Å². The molecule has 1 aliphatic rings. The summed E-state index contributed by atoms with van der Waals surface area (Å²) >= 11 is 4.32. The molecule has 0 bridgehead atoms. The van der Waals surface area contributed by atoms with Crippen molar-refractivity contribution >= 4 is 45.3 Å². The molecule has 1 aliphatic heterocycles. The lowest BCUT2D eigenvalue weighted by Gasteiger charge is -1.99. The van der Waals surface area contributed by atoms with Crippen molar-refractivity contribution < 1.29 is 0 Å². The van der Waals surface area contributed by atoms with E-state index in [-0.39, 0.29) is 0 Å². The highest BCUT2D eigenvalue weighted by Crippen LogP contribution is 2.42. The number of nitrogens with zero attached hydrogens (tertiary/aromatic N) is 1. The van der Waals surface area contributed by atoms with Crippen molar-refractivity contribution in [2.45, 2.75) is 24.7 Å². The lowest BCUT2D eigenvalue weighted by atomic mass is 10.1. The number of aryl methyl sites for hydroxylation is 1. The van der Waals surface area contributed by atoms with Crippen molar-refractivity contribution in [1.82, 2.24) is 15.2 Å². The number of rotatable bonds is 1. The van der Waals surface area contributed by atoms with Gasteiger partial charge in [-0.2, -0.15) is 5.10 Å². The van der Waals surface area contributed by atoms with Crippen LogP contribution in [-0.4, -0.2) is 20.9 Å². The molecular weight excluding hydrogens is 381 g/mol. The van der Waals surface area contributed by atoms with Crippen LogP contribution in [0.5, 0.6) is 0 Å². The van der Waals surface area contributed by atoms with Gasteiger partial charge < -0.3 is 4.98 Å². The second kappa shape index (κ2) is 4.80. The maximum Gasteiger partial charge on any atom is 0.113 e. The topological polar surface area (TPSA) is 44.5 Å². The van der Waals surface area contributed by atoms with E-state index in [9.17, 15) is 0 Å².